The molecule has 0 aliphatic heterocycles. The first-order valence-electron chi connectivity index (χ1n) is 7.01. The van der Waals surface area contributed by atoms with Gasteiger partial charge in [-0.3, -0.25) is 10.2 Å². The topological polar surface area (TPSA) is 41.5 Å². The number of hydrogen-bond donors (Lipinski definition) is 1. The molecule has 0 amide bonds. The van der Waals surface area contributed by atoms with Crippen LogP contribution < -0.4 is 5.43 Å². The van der Waals surface area contributed by atoms with Gasteiger partial charge < -0.3 is 0 Å². The molecule has 0 radical (unpaired) electrons. The number of nitrogens with zero attached hydrogens (tertiary/aromatic N) is 1. The number of hydrazone groups is 1. The van der Waals surface area contributed by atoms with Gasteiger partial charge in [0.05, 0.1) is 5.69 Å². The van der Waals surface area contributed by atoms with Gasteiger partial charge in [-0.15, -0.1) is 0 Å². The summed E-state index contributed by atoms with van der Waals surface area (Å²) in [4.78, 5) is 12.5. The highest BCUT2D eigenvalue weighted by molar-refractivity contribution is 6.59. The minimum absolute atomic E-state index is 0.00910. The fourth-order valence-corrected chi connectivity index (χ4v) is 2.78. The first kappa shape index (κ1) is 13.6. The van der Waals surface area contributed by atoms with Crippen molar-refractivity contribution in [1.82, 2.24) is 0 Å². The van der Waals surface area contributed by atoms with Gasteiger partial charge in [0.2, 0.25) is 5.78 Å². The average Bonchev–Trinajstić information content (AvgIpc) is 2.82. The van der Waals surface area contributed by atoms with Gasteiger partial charge in [-0.25, -0.2) is 8.78 Å². The molecule has 5 heteroatoms. The lowest BCUT2D eigenvalue weighted by molar-refractivity contribution is 0.107. The predicted molar refractivity (Wildman–Crippen MR) is 84.8 cm³/mol. The lowest BCUT2D eigenvalue weighted by Gasteiger charge is -2.04. The van der Waals surface area contributed by atoms with E-state index in [1.165, 1.54) is 6.07 Å². The molecule has 3 nitrogen and oxygen atoms in total. The molecule has 23 heavy (non-hydrogen) atoms. The number of ketones is 1. The van der Waals surface area contributed by atoms with E-state index in [9.17, 15) is 13.6 Å². The highest BCUT2D eigenvalue weighted by Gasteiger charge is 2.28. The van der Waals surface area contributed by atoms with Crippen molar-refractivity contribution in [3.8, 4) is 0 Å². The number of hydrogen-bond acceptors (Lipinski definition) is 3. The Hall–Kier alpha value is -3.08. The van der Waals surface area contributed by atoms with Crippen LogP contribution in [0.25, 0.3) is 10.8 Å². The summed E-state index contributed by atoms with van der Waals surface area (Å²) >= 11 is 0. The Labute approximate surface area is 130 Å². The van der Waals surface area contributed by atoms with Gasteiger partial charge in [-0.1, -0.05) is 36.4 Å². The van der Waals surface area contributed by atoms with Crippen molar-refractivity contribution in [3.05, 3.63) is 77.4 Å². The van der Waals surface area contributed by atoms with Crippen LogP contribution in [0.1, 0.15) is 15.9 Å². The molecule has 3 aromatic carbocycles. The summed E-state index contributed by atoms with van der Waals surface area (Å²) in [6.45, 7) is 0. The Bertz CT molecular complexity index is 990. The maximum absolute atomic E-state index is 13.7. The Morgan fingerprint density at radius 2 is 1.65 bits per heavy atom. The van der Waals surface area contributed by atoms with E-state index >= 15 is 0 Å². The van der Waals surface area contributed by atoms with Crippen LogP contribution in [0.5, 0.6) is 0 Å². The average molecular weight is 308 g/mol. The monoisotopic (exact) mass is 308 g/mol. The van der Waals surface area contributed by atoms with Gasteiger partial charge in [-0.05, 0) is 17.5 Å². The van der Waals surface area contributed by atoms with Crippen molar-refractivity contribution in [2.45, 2.75) is 0 Å². The summed E-state index contributed by atoms with van der Waals surface area (Å²) in [7, 11) is 0. The molecule has 0 atom stereocenters. The molecule has 1 N–H and O–H groups in total. The Balaban J connectivity index is 1.79. The number of nitrogens with one attached hydrogen (secondary N) is 1. The summed E-state index contributed by atoms with van der Waals surface area (Å²) in [6, 6.07) is 14.2. The lowest BCUT2D eigenvalue weighted by Crippen LogP contribution is -2.11. The van der Waals surface area contributed by atoms with E-state index in [0.29, 0.717) is 11.1 Å². The number of anilines is 1. The second kappa shape index (κ2) is 4.98. The molecule has 0 bridgehead atoms. The first-order valence-corrected chi connectivity index (χ1v) is 7.01. The zero-order valence-corrected chi connectivity index (χ0v) is 11.8. The van der Waals surface area contributed by atoms with Crippen LogP contribution in [0.3, 0.4) is 0 Å². The molecular weight excluding hydrogens is 298 g/mol. The molecule has 0 aromatic heterocycles. The summed E-state index contributed by atoms with van der Waals surface area (Å²) < 4.78 is 26.6. The molecule has 1 aliphatic carbocycles. The fraction of sp³-hybridized carbons (Fsp3) is 0. The molecule has 112 valence electrons. The molecule has 0 spiro atoms. The van der Waals surface area contributed by atoms with Gasteiger partial charge >= 0.3 is 0 Å². The van der Waals surface area contributed by atoms with E-state index in [4.69, 9.17) is 0 Å². The Morgan fingerprint density at radius 3 is 2.39 bits per heavy atom. The van der Waals surface area contributed by atoms with Crippen LogP contribution in [-0.4, -0.2) is 11.5 Å². The summed E-state index contributed by atoms with van der Waals surface area (Å²) in [5.74, 6) is -1.66. The van der Waals surface area contributed by atoms with E-state index < -0.39 is 11.6 Å². The number of carbonyl (C=O) groups is 1. The van der Waals surface area contributed by atoms with Crippen LogP contribution in [-0.2, 0) is 0 Å². The summed E-state index contributed by atoms with van der Waals surface area (Å²) in [6.07, 6.45) is 0. The normalized spacial score (nSPS) is 14.7. The molecule has 0 unspecified atom stereocenters. The van der Waals surface area contributed by atoms with E-state index in [1.807, 2.05) is 24.3 Å². The number of benzene rings is 3. The van der Waals surface area contributed by atoms with Crippen LogP contribution in [0.2, 0.25) is 0 Å². The van der Waals surface area contributed by atoms with Crippen molar-refractivity contribution >= 4 is 28.0 Å². The number of rotatable bonds is 2. The molecule has 0 saturated heterocycles. The molecule has 1 aliphatic rings. The van der Waals surface area contributed by atoms with Gasteiger partial charge in [-0.2, -0.15) is 5.10 Å². The quantitative estimate of drug-likeness (QED) is 0.723. The van der Waals surface area contributed by atoms with Crippen LogP contribution in [0.15, 0.2) is 59.7 Å². The first-order chi connectivity index (χ1) is 11.1. The van der Waals surface area contributed by atoms with Crippen LogP contribution in [0, 0.1) is 11.6 Å². The Morgan fingerprint density at radius 1 is 0.913 bits per heavy atom. The minimum atomic E-state index is -0.768. The predicted octanol–water partition coefficient (Wildman–Crippen LogP) is 4.13. The lowest BCUT2D eigenvalue weighted by atomic mass is 10.1. The molecular formula is C18H10F2N2O. The SMILES string of the molecule is O=C1/C(=N\Nc2ccc(F)cc2F)c2cccc3cccc1c23. The number of Topliss-reactive ketones (excluding diaryl/α,β-unsaturated/α-hetero) is 1. The zero-order chi connectivity index (χ0) is 16.0. The van der Waals surface area contributed by atoms with E-state index in [0.717, 1.165) is 22.9 Å². The third-order valence-corrected chi connectivity index (χ3v) is 3.84. The highest BCUT2D eigenvalue weighted by Crippen LogP contribution is 2.31. The van der Waals surface area contributed by atoms with Gasteiger partial charge in [0.25, 0.3) is 0 Å². The van der Waals surface area contributed by atoms with E-state index in [1.54, 1.807) is 12.1 Å². The Kier molecular flexibility index (Phi) is 2.94. The zero-order valence-electron chi connectivity index (χ0n) is 11.8. The summed E-state index contributed by atoms with van der Waals surface area (Å²) in [5, 5.41) is 5.86. The maximum atomic E-state index is 13.7. The maximum Gasteiger partial charge on any atom is 0.214 e. The third-order valence-electron chi connectivity index (χ3n) is 3.84. The van der Waals surface area contributed by atoms with Gasteiger partial charge in [0.15, 0.2) is 5.82 Å². The molecule has 0 saturated carbocycles. The largest absolute Gasteiger partial charge is 0.287 e. The van der Waals surface area contributed by atoms with Crippen molar-refractivity contribution in [3.63, 3.8) is 0 Å². The van der Waals surface area contributed by atoms with Crippen molar-refractivity contribution in [1.29, 1.82) is 0 Å². The standard InChI is InChI=1S/C18H10F2N2O/c19-11-7-8-15(14(20)9-11)21-22-17-12-5-1-3-10-4-2-6-13(16(10)12)18(17)23/h1-9,21H/b22-17-. The number of carbonyl (C=O) groups excluding carboxylic acids is 1. The van der Waals surface area contributed by atoms with Crippen molar-refractivity contribution < 1.29 is 13.6 Å². The summed E-state index contributed by atoms with van der Waals surface area (Å²) in [5.41, 5.74) is 4.04. The third kappa shape index (κ3) is 2.09. The van der Waals surface area contributed by atoms with Crippen LogP contribution >= 0.6 is 0 Å². The van der Waals surface area contributed by atoms with Crippen molar-refractivity contribution in [2.75, 3.05) is 5.43 Å². The van der Waals surface area contributed by atoms with E-state index in [-0.39, 0.29) is 17.2 Å². The smallest absolute Gasteiger partial charge is 0.214 e. The number of halogens is 2. The van der Waals surface area contributed by atoms with Gasteiger partial charge in [0, 0.05) is 22.6 Å². The van der Waals surface area contributed by atoms with Crippen molar-refractivity contribution in [2.24, 2.45) is 5.10 Å². The molecule has 0 heterocycles. The second-order valence-electron chi connectivity index (χ2n) is 5.23. The fourth-order valence-electron chi connectivity index (χ4n) is 2.78. The molecule has 0 fully saturated rings. The molecule has 4 rings (SSSR count). The molecule has 3 aromatic rings. The minimum Gasteiger partial charge on any atom is -0.287 e. The highest BCUT2D eigenvalue weighted by atomic mass is 19.1. The van der Waals surface area contributed by atoms with E-state index in [2.05, 4.69) is 10.5 Å². The van der Waals surface area contributed by atoms with Gasteiger partial charge in [0.1, 0.15) is 11.5 Å². The second-order valence-corrected chi connectivity index (χ2v) is 5.23. The van der Waals surface area contributed by atoms with Crippen LogP contribution in [0.4, 0.5) is 14.5 Å².